The number of hydrogen-bond acceptors (Lipinski definition) is 3. The number of fused-ring (bicyclic) bond motifs is 4. The van der Waals surface area contributed by atoms with E-state index >= 15 is 0 Å². The highest BCUT2D eigenvalue weighted by Gasteiger charge is 2.78. The Morgan fingerprint density at radius 1 is 1.07 bits per heavy atom. The van der Waals surface area contributed by atoms with E-state index < -0.39 is 36.0 Å². The third kappa shape index (κ3) is 2.28. The molecule has 144 valence electrons. The largest absolute Gasteiger partial charge is 0.480 e. The lowest BCUT2D eigenvalue weighted by Gasteiger charge is -2.26. The lowest BCUT2D eigenvalue weighted by molar-refractivity contribution is -0.143. The van der Waals surface area contributed by atoms with Crippen LogP contribution in [0, 0.1) is 5.92 Å². The van der Waals surface area contributed by atoms with Crippen LogP contribution < -0.4 is 0 Å². The lowest BCUT2D eigenvalue weighted by atomic mass is 9.98. The second kappa shape index (κ2) is 5.77. The summed E-state index contributed by atoms with van der Waals surface area (Å²) in [5.74, 6) is -5.61. The van der Waals surface area contributed by atoms with Crippen LogP contribution in [-0.2, 0) is 9.53 Å². The summed E-state index contributed by atoms with van der Waals surface area (Å²) >= 11 is 0. The third-order valence-electron chi connectivity index (χ3n) is 6.11. The van der Waals surface area contributed by atoms with Gasteiger partial charge in [0, 0.05) is 5.92 Å². The maximum Gasteiger partial charge on any atom is 0.411 e. The Hall–Kier alpha value is -2.96. The number of carbonyl (C=O) groups excluding carboxylic acids is 1. The van der Waals surface area contributed by atoms with Gasteiger partial charge in [0.05, 0.1) is 5.92 Å². The van der Waals surface area contributed by atoms with E-state index in [1.165, 1.54) is 0 Å². The number of halogens is 2. The lowest BCUT2D eigenvalue weighted by Crippen LogP contribution is -2.46. The van der Waals surface area contributed by atoms with Crippen molar-refractivity contribution < 1.29 is 28.2 Å². The van der Waals surface area contributed by atoms with Crippen molar-refractivity contribution in [3.8, 4) is 11.1 Å². The number of aliphatic carboxylic acids is 1. The zero-order chi connectivity index (χ0) is 19.6. The molecule has 0 radical (unpaired) electrons. The number of benzene rings is 2. The Morgan fingerprint density at radius 2 is 1.64 bits per heavy atom. The normalized spacial score (nSPS) is 26.4. The molecule has 1 saturated heterocycles. The Bertz CT molecular complexity index is 946. The van der Waals surface area contributed by atoms with Gasteiger partial charge in [0.1, 0.15) is 18.7 Å². The second-order valence-corrected chi connectivity index (χ2v) is 7.53. The van der Waals surface area contributed by atoms with Crippen LogP contribution in [-0.4, -0.2) is 46.7 Å². The summed E-state index contributed by atoms with van der Waals surface area (Å²) in [6, 6.07) is 12.9. The SMILES string of the molecule is O=C(O)[C@@H]1C[C@H]2[C@@H](N1C(=O)OCC1c3ccccc3-c3ccccc31)C2(F)F. The zero-order valence-corrected chi connectivity index (χ0v) is 14.7. The van der Waals surface area contributed by atoms with Crippen molar-refractivity contribution in [2.24, 2.45) is 5.92 Å². The van der Waals surface area contributed by atoms with Crippen LogP contribution in [0.15, 0.2) is 48.5 Å². The fourth-order valence-electron chi connectivity index (χ4n) is 4.71. The van der Waals surface area contributed by atoms with E-state index in [1.54, 1.807) is 0 Å². The molecule has 2 fully saturated rings. The van der Waals surface area contributed by atoms with Gasteiger partial charge in [-0.25, -0.2) is 18.4 Å². The standard InChI is InChI=1S/C21H17F2NO4/c22-21(23)16-9-17(19(25)26)24(18(16)21)20(27)28-10-15-13-7-3-1-5-11(13)12-6-2-4-8-14(12)15/h1-8,15-18H,9-10H2,(H,25,26)/t16-,17-,18+/m0/s1. The molecule has 1 amide bonds. The molecule has 1 aliphatic heterocycles. The first-order valence-corrected chi connectivity index (χ1v) is 9.15. The van der Waals surface area contributed by atoms with E-state index in [0.717, 1.165) is 27.2 Å². The van der Waals surface area contributed by atoms with Gasteiger partial charge in [-0.2, -0.15) is 0 Å². The molecule has 0 aromatic heterocycles. The molecule has 1 N–H and O–H groups in total. The number of ether oxygens (including phenoxy) is 1. The maximum absolute atomic E-state index is 13.8. The van der Waals surface area contributed by atoms with Crippen LogP contribution >= 0.6 is 0 Å². The minimum Gasteiger partial charge on any atom is -0.480 e. The van der Waals surface area contributed by atoms with Crippen molar-refractivity contribution in [2.75, 3.05) is 6.61 Å². The molecule has 0 bridgehead atoms. The van der Waals surface area contributed by atoms with E-state index in [2.05, 4.69) is 0 Å². The number of alkyl halides is 2. The number of nitrogens with zero attached hydrogens (tertiary/aromatic N) is 1. The molecular weight excluding hydrogens is 368 g/mol. The summed E-state index contributed by atoms with van der Waals surface area (Å²) in [5.41, 5.74) is 4.11. The van der Waals surface area contributed by atoms with E-state index in [0.29, 0.717) is 0 Å². The monoisotopic (exact) mass is 385 g/mol. The summed E-state index contributed by atoms with van der Waals surface area (Å²) in [7, 11) is 0. The molecule has 2 aromatic carbocycles. The van der Waals surface area contributed by atoms with E-state index in [-0.39, 0.29) is 18.9 Å². The minimum absolute atomic E-state index is 0.0291. The highest BCUT2D eigenvalue weighted by Crippen LogP contribution is 2.60. The highest BCUT2D eigenvalue weighted by atomic mass is 19.3. The average Bonchev–Trinajstić information content (AvgIpc) is 3.04. The Kier molecular flexibility index (Phi) is 3.53. The van der Waals surface area contributed by atoms with Crippen molar-refractivity contribution in [3.05, 3.63) is 59.7 Å². The summed E-state index contributed by atoms with van der Waals surface area (Å²) in [4.78, 5) is 24.7. The van der Waals surface area contributed by atoms with Crippen molar-refractivity contribution >= 4 is 12.1 Å². The van der Waals surface area contributed by atoms with Gasteiger partial charge in [0.25, 0.3) is 5.92 Å². The highest BCUT2D eigenvalue weighted by molar-refractivity contribution is 5.83. The molecule has 3 atom stereocenters. The number of rotatable bonds is 3. The van der Waals surface area contributed by atoms with Gasteiger partial charge in [0.2, 0.25) is 0 Å². The van der Waals surface area contributed by atoms with Gasteiger partial charge in [-0.3, -0.25) is 4.90 Å². The first-order valence-electron chi connectivity index (χ1n) is 9.15. The molecule has 1 saturated carbocycles. The Balaban J connectivity index is 1.38. The van der Waals surface area contributed by atoms with Crippen molar-refractivity contribution in [2.45, 2.75) is 30.3 Å². The van der Waals surface area contributed by atoms with E-state index in [4.69, 9.17) is 4.74 Å². The first kappa shape index (κ1) is 17.2. The average molecular weight is 385 g/mol. The summed E-state index contributed by atoms with van der Waals surface area (Å²) in [6.45, 7) is -0.0291. The van der Waals surface area contributed by atoms with E-state index in [1.807, 2.05) is 48.5 Å². The smallest absolute Gasteiger partial charge is 0.411 e. The molecule has 0 unspecified atom stereocenters. The van der Waals surface area contributed by atoms with Gasteiger partial charge in [-0.15, -0.1) is 0 Å². The number of carboxylic acids is 1. The molecule has 1 heterocycles. The van der Waals surface area contributed by atoms with Gasteiger partial charge in [-0.1, -0.05) is 48.5 Å². The number of carboxylic acid groups (broad SMARTS) is 1. The van der Waals surface area contributed by atoms with E-state index in [9.17, 15) is 23.5 Å². The predicted molar refractivity (Wildman–Crippen MR) is 95.2 cm³/mol. The van der Waals surface area contributed by atoms with Crippen LogP contribution in [0.1, 0.15) is 23.5 Å². The van der Waals surface area contributed by atoms with Crippen LogP contribution in [0.4, 0.5) is 13.6 Å². The van der Waals surface area contributed by atoms with Crippen LogP contribution in [0.25, 0.3) is 11.1 Å². The second-order valence-electron chi connectivity index (χ2n) is 7.53. The summed E-state index contributed by atoms with van der Waals surface area (Å²) < 4.78 is 32.9. The number of piperidine rings is 1. The summed E-state index contributed by atoms with van der Waals surface area (Å²) in [6.07, 6.45) is -1.23. The number of likely N-dealkylation sites (tertiary alicyclic amines) is 1. The summed E-state index contributed by atoms with van der Waals surface area (Å²) in [5, 5.41) is 9.29. The van der Waals surface area contributed by atoms with Gasteiger partial charge in [0.15, 0.2) is 0 Å². The molecule has 3 aliphatic rings. The number of hydrogen-bond donors (Lipinski definition) is 1. The van der Waals surface area contributed by atoms with Crippen molar-refractivity contribution in [1.82, 2.24) is 4.90 Å². The predicted octanol–water partition coefficient (Wildman–Crippen LogP) is 3.73. The molecule has 28 heavy (non-hydrogen) atoms. The number of carbonyl (C=O) groups is 2. The van der Waals surface area contributed by atoms with Crippen LogP contribution in [0.2, 0.25) is 0 Å². The molecule has 7 heteroatoms. The molecule has 0 spiro atoms. The van der Waals surface area contributed by atoms with Crippen molar-refractivity contribution in [3.63, 3.8) is 0 Å². The van der Waals surface area contributed by atoms with Crippen LogP contribution in [0.5, 0.6) is 0 Å². The molecular formula is C21H17F2NO4. The quantitative estimate of drug-likeness (QED) is 0.874. The van der Waals surface area contributed by atoms with Crippen LogP contribution in [0.3, 0.4) is 0 Å². The fraction of sp³-hybridized carbons (Fsp3) is 0.333. The molecule has 5 nitrogen and oxygen atoms in total. The molecule has 2 aromatic rings. The zero-order valence-electron chi connectivity index (χ0n) is 14.7. The minimum atomic E-state index is -3.03. The number of amides is 1. The Labute approximate surface area is 159 Å². The molecule has 5 rings (SSSR count). The van der Waals surface area contributed by atoms with Gasteiger partial charge < -0.3 is 9.84 Å². The van der Waals surface area contributed by atoms with Crippen molar-refractivity contribution in [1.29, 1.82) is 0 Å². The maximum atomic E-state index is 13.8. The van der Waals surface area contributed by atoms with Gasteiger partial charge >= 0.3 is 12.1 Å². The molecule has 2 aliphatic carbocycles. The first-order chi connectivity index (χ1) is 13.4. The topological polar surface area (TPSA) is 66.8 Å². The third-order valence-corrected chi connectivity index (χ3v) is 6.11. The Morgan fingerprint density at radius 3 is 2.21 bits per heavy atom. The van der Waals surface area contributed by atoms with Gasteiger partial charge in [-0.05, 0) is 28.7 Å². The fourth-order valence-corrected chi connectivity index (χ4v) is 4.71.